The Morgan fingerprint density at radius 3 is 3.11 bits per heavy atom. The zero-order valence-corrected chi connectivity index (χ0v) is 11.0. The Kier molecular flexibility index (Phi) is 2.91. The van der Waals surface area contributed by atoms with Crippen LogP contribution in [0.2, 0.25) is 0 Å². The number of aromatic amines is 1. The molecular weight excluding hydrogens is 246 g/mol. The van der Waals surface area contributed by atoms with Gasteiger partial charge < -0.3 is 5.32 Å². The third-order valence-electron chi connectivity index (χ3n) is 3.29. The Labute approximate surface area is 109 Å². The van der Waals surface area contributed by atoms with E-state index < -0.39 is 0 Å². The fourth-order valence-electron chi connectivity index (χ4n) is 1.99. The number of carbonyl (C=O) groups excluding carboxylic acids is 1. The van der Waals surface area contributed by atoms with Crippen LogP contribution in [0.3, 0.4) is 0 Å². The van der Waals surface area contributed by atoms with Gasteiger partial charge in [-0.3, -0.25) is 9.89 Å². The van der Waals surface area contributed by atoms with E-state index in [1.807, 2.05) is 17.5 Å². The van der Waals surface area contributed by atoms with Gasteiger partial charge in [0.1, 0.15) is 0 Å². The summed E-state index contributed by atoms with van der Waals surface area (Å²) < 4.78 is 0. The summed E-state index contributed by atoms with van der Waals surface area (Å²) in [5, 5.41) is 12.0. The maximum atomic E-state index is 12.0. The van der Waals surface area contributed by atoms with Gasteiger partial charge in [-0.2, -0.15) is 5.10 Å². The molecule has 18 heavy (non-hydrogen) atoms. The standard InChI is InChI=1S/C13H15N3OS/c1-8(9-4-5-9)14-13(17)11-7-10(15-16-11)12-3-2-6-18-12/h2-3,6-9H,4-5H2,1H3,(H,14,17)(H,15,16)/t8-/m0/s1. The molecule has 3 rings (SSSR count). The van der Waals surface area contributed by atoms with Crippen LogP contribution in [0.1, 0.15) is 30.3 Å². The van der Waals surface area contributed by atoms with Gasteiger partial charge in [0.25, 0.3) is 5.91 Å². The minimum Gasteiger partial charge on any atom is -0.348 e. The average Bonchev–Trinajstić information content (AvgIpc) is 2.89. The lowest BCUT2D eigenvalue weighted by atomic mass is 10.2. The Morgan fingerprint density at radius 1 is 1.61 bits per heavy atom. The molecule has 1 atom stereocenters. The topological polar surface area (TPSA) is 57.8 Å². The molecule has 0 spiro atoms. The van der Waals surface area contributed by atoms with Gasteiger partial charge in [-0.25, -0.2) is 0 Å². The second kappa shape index (κ2) is 4.57. The smallest absolute Gasteiger partial charge is 0.272 e. The Bertz CT molecular complexity index is 542. The van der Waals surface area contributed by atoms with E-state index in [1.54, 1.807) is 17.4 Å². The molecule has 2 heterocycles. The quantitative estimate of drug-likeness (QED) is 0.889. The lowest BCUT2D eigenvalue weighted by Gasteiger charge is -2.10. The van der Waals surface area contributed by atoms with Crippen molar-refractivity contribution >= 4 is 17.2 Å². The number of carbonyl (C=O) groups is 1. The molecule has 0 unspecified atom stereocenters. The predicted octanol–water partition coefficient (Wildman–Crippen LogP) is 2.67. The van der Waals surface area contributed by atoms with E-state index in [2.05, 4.69) is 22.4 Å². The van der Waals surface area contributed by atoms with Gasteiger partial charge in [0.2, 0.25) is 0 Å². The summed E-state index contributed by atoms with van der Waals surface area (Å²) in [5.74, 6) is 0.568. The van der Waals surface area contributed by atoms with Gasteiger partial charge in [-0.1, -0.05) is 6.07 Å². The Hall–Kier alpha value is -1.62. The molecule has 0 bridgehead atoms. The van der Waals surface area contributed by atoms with Crippen LogP contribution in [0.25, 0.3) is 10.6 Å². The summed E-state index contributed by atoms with van der Waals surface area (Å²) in [6, 6.07) is 6.04. The number of hydrogen-bond donors (Lipinski definition) is 2. The molecular formula is C13H15N3OS. The van der Waals surface area contributed by atoms with Crippen molar-refractivity contribution in [3.63, 3.8) is 0 Å². The molecule has 4 nitrogen and oxygen atoms in total. The summed E-state index contributed by atoms with van der Waals surface area (Å²) in [7, 11) is 0. The summed E-state index contributed by atoms with van der Waals surface area (Å²) in [6.07, 6.45) is 2.45. The van der Waals surface area contributed by atoms with Crippen molar-refractivity contribution in [3.05, 3.63) is 29.3 Å². The molecule has 1 aliphatic carbocycles. The summed E-state index contributed by atoms with van der Waals surface area (Å²) in [6.45, 7) is 2.06. The van der Waals surface area contributed by atoms with Crippen LogP contribution in [0.4, 0.5) is 0 Å². The monoisotopic (exact) mass is 261 g/mol. The number of hydrogen-bond acceptors (Lipinski definition) is 3. The molecule has 2 N–H and O–H groups in total. The molecule has 1 aliphatic rings. The lowest BCUT2D eigenvalue weighted by Crippen LogP contribution is -2.34. The first-order valence-electron chi connectivity index (χ1n) is 6.14. The van der Waals surface area contributed by atoms with Gasteiger partial charge in [0, 0.05) is 6.04 Å². The van der Waals surface area contributed by atoms with E-state index in [1.165, 1.54) is 12.8 Å². The van der Waals surface area contributed by atoms with Gasteiger partial charge in [-0.15, -0.1) is 11.3 Å². The Balaban J connectivity index is 1.70. The summed E-state index contributed by atoms with van der Waals surface area (Å²) in [5.41, 5.74) is 1.36. The number of thiophene rings is 1. The largest absolute Gasteiger partial charge is 0.348 e. The van der Waals surface area contributed by atoms with E-state index >= 15 is 0 Å². The number of H-pyrrole nitrogens is 1. The predicted molar refractivity (Wildman–Crippen MR) is 71.6 cm³/mol. The normalized spacial score (nSPS) is 16.5. The molecule has 5 heteroatoms. The van der Waals surface area contributed by atoms with Crippen LogP contribution < -0.4 is 5.32 Å². The zero-order valence-electron chi connectivity index (χ0n) is 10.1. The van der Waals surface area contributed by atoms with Crippen LogP contribution in [-0.2, 0) is 0 Å². The zero-order chi connectivity index (χ0) is 12.5. The highest BCUT2D eigenvalue weighted by atomic mass is 32.1. The summed E-state index contributed by atoms with van der Waals surface area (Å²) in [4.78, 5) is 13.1. The molecule has 94 valence electrons. The highest BCUT2D eigenvalue weighted by Crippen LogP contribution is 2.32. The third-order valence-corrected chi connectivity index (χ3v) is 4.19. The maximum absolute atomic E-state index is 12.0. The van der Waals surface area contributed by atoms with E-state index in [0.29, 0.717) is 11.6 Å². The maximum Gasteiger partial charge on any atom is 0.272 e. The number of nitrogens with one attached hydrogen (secondary N) is 2. The first kappa shape index (κ1) is 11.5. The lowest BCUT2D eigenvalue weighted by molar-refractivity contribution is 0.0931. The Morgan fingerprint density at radius 2 is 2.44 bits per heavy atom. The molecule has 1 saturated carbocycles. The minimum atomic E-state index is -0.0894. The number of rotatable bonds is 4. The first-order valence-corrected chi connectivity index (χ1v) is 7.02. The first-order chi connectivity index (χ1) is 8.74. The highest BCUT2D eigenvalue weighted by molar-refractivity contribution is 7.13. The van der Waals surface area contributed by atoms with E-state index in [4.69, 9.17) is 0 Å². The summed E-state index contributed by atoms with van der Waals surface area (Å²) >= 11 is 1.63. The minimum absolute atomic E-state index is 0.0894. The van der Waals surface area contributed by atoms with Gasteiger partial charge in [-0.05, 0) is 43.2 Å². The van der Waals surface area contributed by atoms with Crippen LogP contribution in [0.5, 0.6) is 0 Å². The molecule has 1 amide bonds. The number of nitrogens with zero attached hydrogens (tertiary/aromatic N) is 1. The molecule has 1 fully saturated rings. The van der Waals surface area contributed by atoms with E-state index in [-0.39, 0.29) is 11.9 Å². The second-order valence-corrected chi connectivity index (χ2v) is 5.69. The number of amides is 1. The fourth-order valence-corrected chi connectivity index (χ4v) is 2.68. The van der Waals surface area contributed by atoms with Crippen molar-refractivity contribution in [1.82, 2.24) is 15.5 Å². The molecule has 0 saturated heterocycles. The highest BCUT2D eigenvalue weighted by Gasteiger charge is 2.29. The van der Waals surface area contributed by atoms with Crippen LogP contribution in [0, 0.1) is 5.92 Å². The third kappa shape index (κ3) is 2.31. The van der Waals surface area contributed by atoms with Crippen LogP contribution in [-0.4, -0.2) is 22.1 Å². The van der Waals surface area contributed by atoms with E-state index in [0.717, 1.165) is 10.6 Å². The molecule has 0 radical (unpaired) electrons. The van der Waals surface area contributed by atoms with Gasteiger partial charge in [0.05, 0.1) is 10.6 Å². The van der Waals surface area contributed by atoms with Crippen molar-refractivity contribution in [2.75, 3.05) is 0 Å². The van der Waals surface area contributed by atoms with Crippen molar-refractivity contribution in [2.45, 2.75) is 25.8 Å². The van der Waals surface area contributed by atoms with E-state index in [9.17, 15) is 4.79 Å². The molecule has 0 aliphatic heterocycles. The van der Waals surface area contributed by atoms with Crippen LogP contribution >= 0.6 is 11.3 Å². The molecule has 0 aromatic carbocycles. The SMILES string of the molecule is C[C@H](NC(=O)c1cc(-c2cccs2)[nH]n1)C1CC1. The molecule has 2 aromatic rings. The van der Waals surface area contributed by atoms with Gasteiger partial charge in [0.15, 0.2) is 5.69 Å². The van der Waals surface area contributed by atoms with Crippen molar-refractivity contribution in [1.29, 1.82) is 0 Å². The van der Waals surface area contributed by atoms with Crippen LogP contribution in [0.15, 0.2) is 23.6 Å². The second-order valence-electron chi connectivity index (χ2n) is 4.74. The van der Waals surface area contributed by atoms with Crippen molar-refractivity contribution < 1.29 is 4.79 Å². The number of aromatic nitrogens is 2. The average molecular weight is 261 g/mol. The van der Waals surface area contributed by atoms with Crippen molar-refractivity contribution in [3.8, 4) is 10.6 Å². The fraction of sp³-hybridized carbons (Fsp3) is 0.385. The van der Waals surface area contributed by atoms with Gasteiger partial charge >= 0.3 is 0 Å². The van der Waals surface area contributed by atoms with Crippen molar-refractivity contribution in [2.24, 2.45) is 5.92 Å². The molecule has 2 aromatic heterocycles.